The van der Waals surface area contributed by atoms with Crippen LogP contribution in [-0.4, -0.2) is 44.2 Å². The molecule has 0 aromatic heterocycles. The van der Waals surface area contributed by atoms with Crippen molar-refractivity contribution in [2.75, 3.05) is 44.6 Å². The molecule has 2 rings (SSSR count). The van der Waals surface area contributed by atoms with E-state index in [9.17, 15) is 0 Å². The maximum absolute atomic E-state index is 3.54. The quantitative estimate of drug-likeness (QED) is 0.779. The average Bonchev–Trinajstić information content (AvgIpc) is 2.38. The van der Waals surface area contributed by atoms with Crippen LogP contribution in [0.2, 0.25) is 0 Å². The highest BCUT2D eigenvalue weighted by Gasteiger charge is 2.08. The zero-order valence-corrected chi connectivity index (χ0v) is 11.6. The highest BCUT2D eigenvalue weighted by atomic mass is 15.2. The van der Waals surface area contributed by atoms with Gasteiger partial charge in [-0.25, -0.2) is 0 Å². The van der Waals surface area contributed by atoms with Gasteiger partial charge in [0.25, 0.3) is 0 Å². The second-order valence-corrected chi connectivity index (χ2v) is 5.19. The van der Waals surface area contributed by atoms with Crippen LogP contribution in [0, 0.1) is 13.8 Å². The van der Waals surface area contributed by atoms with E-state index in [-0.39, 0.29) is 0 Å². The summed E-state index contributed by atoms with van der Waals surface area (Å²) in [5.74, 6) is 0. The minimum absolute atomic E-state index is 1.06. The Balaban J connectivity index is 1.68. The highest BCUT2D eigenvalue weighted by Crippen LogP contribution is 2.15. The van der Waals surface area contributed by atoms with E-state index < -0.39 is 0 Å². The van der Waals surface area contributed by atoms with E-state index in [4.69, 9.17) is 0 Å². The van der Waals surface area contributed by atoms with Crippen LogP contribution < -0.4 is 10.6 Å². The molecule has 0 bridgehead atoms. The Bertz CT molecular complexity index is 370. The predicted octanol–water partition coefficient (Wildman–Crippen LogP) is 2.01. The lowest BCUT2D eigenvalue weighted by atomic mass is 10.1. The molecule has 1 saturated heterocycles. The van der Waals surface area contributed by atoms with Gasteiger partial charge in [-0.05, 0) is 38.4 Å². The Morgan fingerprint density at radius 3 is 2.72 bits per heavy atom. The monoisotopic (exact) mass is 247 g/mol. The molecule has 3 heteroatoms. The Hall–Kier alpha value is -1.06. The molecule has 1 heterocycles. The summed E-state index contributed by atoms with van der Waals surface area (Å²) in [7, 11) is 0. The van der Waals surface area contributed by atoms with Crippen molar-refractivity contribution in [2.24, 2.45) is 0 Å². The largest absolute Gasteiger partial charge is 0.385 e. The molecule has 0 saturated carbocycles. The fraction of sp³-hybridized carbons (Fsp3) is 0.600. The van der Waals surface area contributed by atoms with Gasteiger partial charge < -0.3 is 15.5 Å². The van der Waals surface area contributed by atoms with Crippen LogP contribution in [0.3, 0.4) is 0 Å². The molecule has 1 fully saturated rings. The van der Waals surface area contributed by atoms with Gasteiger partial charge in [-0.3, -0.25) is 0 Å². The molecular formula is C15H25N3. The molecule has 0 amide bonds. The zero-order chi connectivity index (χ0) is 12.8. The molecule has 0 atom stereocenters. The molecule has 0 unspecified atom stereocenters. The average molecular weight is 247 g/mol. The molecule has 18 heavy (non-hydrogen) atoms. The van der Waals surface area contributed by atoms with E-state index in [1.165, 1.54) is 42.9 Å². The third-order valence-corrected chi connectivity index (χ3v) is 3.56. The molecule has 1 aromatic carbocycles. The van der Waals surface area contributed by atoms with Gasteiger partial charge in [-0.2, -0.15) is 0 Å². The SMILES string of the molecule is Cc1ccc(NCCCN2CCNCC2)c(C)c1. The topological polar surface area (TPSA) is 27.3 Å². The van der Waals surface area contributed by atoms with Crippen molar-refractivity contribution in [3.63, 3.8) is 0 Å². The van der Waals surface area contributed by atoms with Crippen molar-refractivity contribution in [1.82, 2.24) is 10.2 Å². The third kappa shape index (κ3) is 4.00. The van der Waals surface area contributed by atoms with Crippen LogP contribution in [0.5, 0.6) is 0 Å². The number of hydrogen-bond donors (Lipinski definition) is 2. The van der Waals surface area contributed by atoms with Crippen LogP contribution in [0.15, 0.2) is 18.2 Å². The van der Waals surface area contributed by atoms with Gasteiger partial charge in [0.1, 0.15) is 0 Å². The number of piperazine rings is 1. The summed E-state index contributed by atoms with van der Waals surface area (Å²) in [6.45, 7) is 11.3. The second-order valence-electron chi connectivity index (χ2n) is 5.19. The van der Waals surface area contributed by atoms with Crippen molar-refractivity contribution in [3.05, 3.63) is 29.3 Å². The summed E-state index contributed by atoms with van der Waals surface area (Å²) in [5, 5.41) is 6.92. The summed E-state index contributed by atoms with van der Waals surface area (Å²) in [4.78, 5) is 2.54. The van der Waals surface area contributed by atoms with Crippen molar-refractivity contribution >= 4 is 5.69 Å². The Morgan fingerprint density at radius 1 is 1.22 bits per heavy atom. The van der Waals surface area contributed by atoms with Gasteiger partial charge in [-0.1, -0.05) is 17.7 Å². The van der Waals surface area contributed by atoms with Crippen LogP contribution >= 0.6 is 0 Å². The van der Waals surface area contributed by atoms with Gasteiger partial charge in [0.2, 0.25) is 0 Å². The first kappa shape index (κ1) is 13.4. The Labute approximate surface area is 111 Å². The number of aryl methyl sites for hydroxylation is 2. The van der Waals surface area contributed by atoms with Gasteiger partial charge in [0, 0.05) is 38.4 Å². The summed E-state index contributed by atoms with van der Waals surface area (Å²) >= 11 is 0. The number of nitrogens with one attached hydrogen (secondary N) is 2. The van der Waals surface area contributed by atoms with Gasteiger partial charge in [0.05, 0.1) is 0 Å². The molecule has 0 radical (unpaired) electrons. The summed E-state index contributed by atoms with van der Waals surface area (Å²) < 4.78 is 0. The minimum atomic E-state index is 1.06. The van der Waals surface area contributed by atoms with Crippen LogP contribution in [0.4, 0.5) is 5.69 Å². The van der Waals surface area contributed by atoms with E-state index in [1.807, 2.05) is 0 Å². The molecule has 0 aliphatic carbocycles. The highest BCUT2D eigenvalue weighted by molar-refractivity contribution is 5.51. The number of hydrogen-bond acceptors (Lipinski definition) is 3. The first-order valence-corrected chi connectivity index (χ1v) is 7.00. The fourth-order valence-corrected chi connectivity index (χ4v) is 2.47. The standard InChI is InChI=1S/C15H25N3/c1-13-4-5-15(14(2)12-13)17-6-3-9-18-10-7-16-8-11-18/h4-5,12,16-17H,3,6-11H2,1-2H3. The van der Waals surface area contributed by atoms with Crippen molar-refractivity contribution in [2.45, 2.75) is 20.3 Å². The summed E-state index contributed by atoms with van der Waals surface area (Å²) in [5.41, 5.74) is 3.96. The second kappa shape index (κ2) is 6.76. The van der Waals surface area contributed by atoms with Crippen LogP contribution in [0.25, 0.3) is 0 Å². The maximum atomic E-state index is 3.54. The molecule has 1 aliphatic rings. The van der Waals surface area contributed by atoms with E-state index >= 15 is 0 Å². The van der Waals surface area contributed by atoms with E-state index in [2.05, 4.69) is 47.6 Å². The first-order valence-electron chi connectivity index (χ1n) is 7.00. The van der Waals surface area contributed by atoms with Gasteiger partial charge >= 0.3 is 0 Å². The van der Waals surface area contributed by atoms with E-state index in [0.29, 0.717) is 0 Å². The molecule has 1 aromatic rings. The summed E-state index contributed by atoms with van der Waals surface area (Å²) in [6, 6.07) is 6.60. The normalized spacial score (nSPS) is 16.8. The predicted molar refractivity (Wildman–Crippen MR) is 78.3 cm³/mol. The lowest BCUT2D eigenvalue weighted by molar-refractivity contribution is 0.240. The maximum Gasteiger partial charge on any atom is 0.0370 e. The van der Waals surface area contributed by atoms with Crippen molar-refractivity contribution in [1.29, 1.82) is 0 Å². The van der Waals surface area contributed by atoms with Gasteiger partial charge in [0.15, 0.2) is 0 Å². The van der Waals surface area contributed by atoms with Crippen molar-refractivity contribution in [3.8, 4) is 0 Å². The van der Waals surface area contributed by atoms with E-state index in [0.717, 1.165) is 19.6 Å². The van der Waals surface area contributed by atoms with Crippen molar-refractivity contribution < 1.29 is 0 Å². The number of nitrogens with zero attached hydrogens (tertiary/aromatic N) is 1. The van der Waals surface area contributed by atoms with E-state index in [1.54, 1.807) is 0 Å². The lowest BCUT2D eigenvalue weighted by Gasteiger charge is -2.27. The number of anilines is 1. The smallest absolute Gasteiger partial charge is 0.0370 e. The zero-order valence-electron chi connectivity index (χ0n) is 11.6. The fourth-order valence-electron chi connectivity index (χ4n) is 2.47. The lowest BCUT2D eigenvalue weighted by Crippen LogP contribution is -2.44. The summed E-state index contributed by atoms with van der Waals surface area (Å²) in [6.07, 6.45) is 1.22. The van der Waals surface area contributed by atoms with Gasteiger partial charge in [-0.15, -0.1) is 0 Å². The molecule has 0 spiro atoms. The Morgan fingerprint density at radius 2 is 2.00 bits per heavy atom. The van der Waals surface area contributed by atoms with Crippen LogP contribution in [0.1, 0.15) is 17.5 Å². The number of rotatable bonds is 5. The third-order valence-electron chi connectivity index (χ3n) is 3.56. The van der Waals surface area contributed by atoms with Crippen LogP contribution in [-0.2, 0) is 0 Å². The Kier molecular flexibility index (Phi) is 5.02. The molecular weight excluding hydrogens is 222 g/mol. The minimum Gasteiger partial charge on any atom is -0.385 e. The molecule has 100 valence electrons. The molecule has 3 nitrogen and oxygen atoms in total. The molecule has 2 N–H and O–H groups in total. The first-order chi connectivity index (χ1) is 8.75. The number of benzene rings is 1. The molecule has 1 aliphatic heterocycles.